The molecule has 9 heavy (non-hydrogen) atoms. The molecule has 0 aliphatic rings. The van der Waals surface area contributed by atoms with Crippen LogP contribution in [0.25, 0.3) is 0 Å². The lowest BCUT2D eigenvalue weighted by molar-refractivity contribution is 1.17. The highest BCUT2D eigenvalue weighted by atomic mass is 127. The molecule has 1 heterocycles. The first kappa shape index (κ1) is 7.84. The summed E-state index contributed by atoms with van der Waals surface area (Å²) in [6.45, 7) is 4.26. The van der Waals surface area contributed by atoms with Crippen LogP contribution in [0.2, 0.25) is 0 Å². The molecule has 0 bridgehead atoms. The number of hydrogen-bond donors (Lipinski definition) is 0. The first-order chi connectivity index (χ1) is 4.13. The summed E-state index contributed by atoms with van der Waals surface area (Å²) in [5.74, 6) is 0. The number of aryl methyl sites for hydroxylation is 1. The van der Waals surface area contributed by atoms with E-state index in [0.717, 1.165) is 0 Å². The fraction of sp³-hybridized carbons (Fsp3) is 0.333. The van der Waals surface area contributed by atoms with Gasteiger partial charge in [-0.25, -0.2) is 0 Å². The zero-order valence-corrected chi connectivity index (χ0v) is 9.60. The minimum absolute atomic E-state index is 1.29. The van der Waals surface area contributed by atoms with Crippen molar-refractivity contribution in [3.8, 4) is 0 Å². The minimum Gasteiger partial charge on any atom is -0.281 e. The summed E-state index contributed by atoms with van der Waals surface area (Å²) in [5.41, 5.74) is 2.72. The molecule has 1 aromatic heterocycles. The van der Waals surface area contributed by atoms with Crippen molar-refractivity contribution >= 4 is 45.5 Å². The van der Waals surface area contributed by atoms with Gasteiger partial charge < -0.3 is 0 Å². The van der Waals surface area contributed by atoms with Gasteiger partial charge in [-0.2, -0.15) is 0 Å². The van der Waals surface area contributed by atoms with Gasteiger partial charge in [-0.15, -0.1) is 0 Å². The van der Waals surface area contributed by atoms with Gasteiger partial charge in [-0.1, -0.05) is 0 Å². The molecule has 0 radical (unpaired) electrons. The van der Waals surface area contributed by atoms with Crippen LogP contribution in [0.15, 0.2) is 6.07 Å². The normalized spacial score (nSPS) is 10.2. The molecule has 0 fully saturated rings. The molecule has 1 nitrogen and oxygen atoms in total. The van der Waals surface area contributed by atoms with Crippen LogP contribution in [0.1, 0.15) is 11.3 Å². The molecule has 3 heteroatoms. The van der Waals surface area contributed by atoms with E-state index < -0.39 is 0 Å². The van der Waals surface area contributed by atoms with E-state index in [1.807, 2.05) is 0 Å². The fourth-order valence-corrected chi connectivity index (χ4v) is 2.00. The van der Waals surface area contributed by atoms with Crippen LogP contribution < -0.4 is 0 Å². The molecule has 0 N–H and O–H groups in total. The van der Waals surface area contributed by atoms with Gasteiger partial charge in [0.05, 0.1) is 26.6 Å². The highest BCUT2D eigenvalue weighted by Crippen LogP contribution is 2.18. The Morgan fingerprint density at radius 2 is 2.00 bits per heavy atom. The van der Waals surface area contributed by atoms with E-state index >= 15 is 0 Å². The molecule has 1 aromatic rings. The standard InChI is InChI=1S/C6H7I2N/c1-4-3-6(7)9(8)5(4)2/h3H,1-2H3. The topological polar surface area (TPSA) is 4.93 Å². The number of halogens is 2. The molecule has 0 unspecified atom stereocenters. The van der Waals surface area contributed by atoms with Crippen LogP contribution in [-0.4, -0.2) is 2.78 Å². The zero-order valence-electron chi connectivity index (χ0n) is 5.28. The average Bonchev–Trinajstić information content (AvgIpc) is 1.98. The second kappa shape index (κ2) is 2.77. The van der Waals surface area contributed by atoms with Gasteiger partial charge in [0.25, 0.3) is 0 Å². The van der Waals surface area contributed by atoms with E-state index in [9.17, 15) is 0 Å². The molecule has 0 aromatic carbocycles. The lowest BCUT2D eigenvalue weighted by Crippen LogP contribution is -1.83. The summed E-state index contributed by atoms with van der Waals surface area (Å²) in [6, 6.07) is 2.18. The van der Waals surface area contributed by atoms with Crippen LogP contribution >= 0.6 is 45.5 Å². The summed E-state index contributed by atoms with van der Waals surface area (Å²) in [4.78, 5) is 0. The monoisotopic (exact) mass is 347 g/mol. The average molecular weight is 347 g/mol. The molecule has 0 atom stereocenters. The van der Waals surface area contributed by atoms with Gasteiger partial charge in [0.2, 0.25) is 0 Å². The second-order valence-corrected chi connectivity index (χ2v) is 4.09. The smallest absolute Gasteiger partial charge is 0.0894 e. The van der Waals surface area contributed by atoms with E-state index in [0.29, 0.717) is 0 Å². The second-order valence-electron chi connectivity index (χ2n) is 2.02. The van der Waals surface area contributed by atoms with E-state index in [-0.39, 0.29) is 0 Å². The van der Waals surface area contributed by atoms with Crippen LogP contribution in [0.4, 0.5) is 0 Å². The zero-order chi connectivity index (χ0) is 7.02. The predicted octanol–water partition coefficient (Wildman–Crippen LogP) is 2.91. The van der Waals surface area contributed by atoms with Crippen molar-refractivity contribution < 1.29 is 0 Å². The van der Waals surface area contributed by atoms with Crippen LogP contribution in [0, 0.1) is 17.5 Å². The van der Waals surface area contributed by atoms with Crippen LogP contribution in [0.5, 0.6) is 0 Å². The molecule has 1 rings (SSSR count). The molecule has 0 amide bonds. The highest BCUT2D eigenvalue weighted by Gasteiger charge is 2.01. The predicted molar refractivity (Wildman–Crippen MR) is 56.0 cm³/mol. The van der Waals surface area contributed by atoms with Crippen LogP contribution in [0.3, 0.4) is 0 Å². The van der Waals surface area contributed by atoms with E-state index in [4.69, 9.17) is 0 Å². The van der Waals surface area contributed by atoms with Crippen molar-refractivity contribution in [1.82, 2.24) is 2.78 Å². The molecule has 0 aliphatic heterocycles. The van der Waals surface area contributed by atoms with Gasteiger partial charge in [0, 0.05) is 5.69 Å². The SMILES string of the molecule is Cc1cc(I)n(I)c1C. The van der Waals surface area contributed by atoms with Gasteiger partial charge in [-0.3, -0.25) is 2.78 Å². The Kier molecular flexibility index (Phi) is 2.42. The Morgan fingerprint density at radius 3 is 2.11 bits per heavy atom. The molecule has 0 saturated carbocycles. The molecular weight excluding hydrogens is 340 g/mol. The maximum atomic E-state index is 2.33. The maximum absolute atomic E-state index is 2.33. The third-order valence-electron chi connectivity index (χ3n) is 1.39. The Bertz CT molecular complexity index is 205. The number of nitrogens with zero attached hydrogens (tertiary/aromatic N) is 1. The fourth-order valence-electron chi connectivity index (χ4n) is 0.655. The largest absolute Gasteiger partial charge is 0.281 e. The van der Waals surface area contributed by atoms with Crippen LogP contribution in [-0.2, 0) is 0 Å². The van der Waals surface area contributed by atoms with Crippen molar-refractivity contribution in [3.05, 3.63) is 21.0 Å². The van der Waals surface area contributed by atoms with Gasteiger partial charge in [-0.05, 0) is 48.1 Å². The van der Waals surface area contributed by atoms with Gasteiger partial charge >= 0.3 is 0 Å². The Balaban J connectivity index is 3.29. The summed E-state index contributed by atoms with van der Waals surface area (Å²) < 4.78 is 3.46. The third-order valence-corrected chi connectivity index (χ3v) is 4.35. The summed E-state index contributed by atoms with van der Waals surface area (Å²) in [5, 5.41) is 0. The molecule has 0 aliphatic carbocycles. The van der Waals surface area contributed by atoms with Gasteiger partial charge in [0.15, 0.2) is 0 Å². The minimum atomic E-state index is 1.29. The quantitative estimate of drug-likeness (QED) is 0.637. The molecule has 0 saturated heterocycles. The van der Waals surface area contributed by atoms with Gasteiger partial charge in [0.1, 0.15) is 0 Å². The van der Waals surface area contributed by atoms with E-state index in [1.165, 1.54) is 15.0 Å². The molecule has 0 spiro atoms. The third kappa shape index (κ3) is 1.42. The molecule has 50 valence electrons. The van der Waals surface area contributed by atoms with Crippen molar-refractivity contribution in [2.75, 3.05) is 0 Å². The first-order valence-corrected chi connectivity index (χ1v) is 4.68. The van der Waals surface area contributed by atoms with Crippen molar-refractivity contribution in [2.45, 2.75) is 13.8 Å². The number of aromatic nitrogens is 1. The summed E-state index contributed by atoms with van der Waals surface area (Å²) >= 11 is 4.63. The van der Waals surface area contributed by atoms with E-state index in [2.05, 4.69) is 68.1 Å². The van der Waals surface area contributed by atoms with Crippen molar-refractivity contribution in [1.29, 1.82) is 0 Å². The van der Waals surface area contributed by atoms with E-state index in [1.54, 1.807) is 0 Å². The van der Waals surface area contributed by atoms with Crippen molar-refractivity contribution in [2.24, 2.45) is 0 Å². The lowest BCUT2D eigenvalue weighted by atomic mass is 10.3. The number of rotatable bonds is 0. The Morgan fingerprint density at radius 1 is 1.44 bits per heavy atom. The maximum Gasteiger partial charge on any atom is 0.0894 e. The number of hydrogen-bond acceptors (Lipinski definition) is 0. The lowest BCUT2D eigenvalue weighted by Gasteiger charge is -1.93. The Labute approximate surface area is 82.5 Å². The Hall–Kier alpha value is 0.740. The first-order valence-electron chi connectivity index (χ1n) is 2.63. The van der Waals surface area contributed by atoms with Crippen molar-refractivity contribution in [3.63, 3.8) is 0 Å². The highest BCUT2D eigenvalue weighted by molar-refractivity contribution is 14.1. The summed E-state index contributed by atoms with van der Waals surface area (Å²) in [6.07, 6.45) is 0. The molecular formula is C6H7I2N. The summed E-state index contributed by atoms with van der Waals surface area (Å²) in [7, 11) is 0.